The van der Waals surface area contributed by atoms with Gasteiger partial charge in [-0.1, -0.05) is 0 Å². The van der Waals surface area contributed by atoms with E-state index in [4.69, 9.17) is 14.5 Å². The standard InChI is InChI=1S/C18H25NO4S/c1-18(2,3)23-17(21)10-5-6-13-14(9-10)24-15(19-13)11-7-12(8-11)16(20)22-4/h10-12H,5-9H2,1-4H3/t10?,11-,12-. The first-order valence-electron chi connectivity index (χ1n) is 8.56. The molecule has 0 aliphatic heterocycles. The lowest BCUT2D eigenvalue weighted by molar-refractivity contribution is -0.160. The first kappa shape index (κ1) is 17.4. The van der Waals surface area contributed by atoms with E-state index < -0.39 is 5.60 Å². The van der Waals surface area contributed by atoms with Crippen LogP contribution in [0.25, 0.3) is 0 Å². The number of hydrogen-bond acceptors (Lipinski definition) is 6. The van der Waals surface area contributed by atoms with Crippen molar-refractivity contribution in [2.75, 3.05) is 7.11 Å². The molecule has 0 bridgehead atoms. The minimum Gasteiger partial charge on any atom is -0.469 e. The molecule has 1 fully saturated rings. The predicted octanol–water partition coefficient (Wildman–Crippen LogP) is 3.26. The van der Waals surface area contributed by atoms with Crippen LogP contribution >= 0.6 is 11.3 Å². The van der Waals surface area contributed by atoms with Crippen LogP contribution in [0.4, 0.5) is 0 Å². The highest BCUT2D eigenvalue weighted by atomic mass is 32.1. The van der Waals surface area contributed by atoms with E-state index in [-0.39, 0.29) is 23.8 Å². The van der Waals surface area contributed by atoms with Crippen LogP contribution in [0.1, 0.15) is 61.5 Å². The van der Waals surface area contributed by atoms with Gasteiger partial charge in [-0.15, -0.1) is 11.3 Å². The summed E-state index contributed by atoms with van der Waals surface area (Å²) in [6.07, 6.45) is 4.03. The van der Waals surface area contributed by atoms with Crippen molar-refractivity contribution >= 4 is 23.3 Å². The van der Waals surface area contributed by atoms with Gasteiger partial charge in [-0.25, -0.2) is 4.98 Å². The van der Waals surface area contributed by atoms with Gasteiger partial charge in [-0.2, -0.15) is 0 Å². The van der Waals surface area contributed by atoms with Gasteiger partial charge < -0.3 is 9.47 Å². The maximum atomic E-state index is 12.3. The third-order valence-corrected chi connectivity index (χ3v) is 6.00. The van der Waals surface area contributed by atoms with Crippen LogP contribution in [0.15, 0.2) is 0 Å². The lowest BCUT2D eigenvalue weighted by Crippen LogP contribution is -2.31. The molecule has 0 N–H and O–H groups in total. The number of rotatable bonds is 3. The Kier molecular flexibility index (Phi) is 4.69. The van der Waals surface area contributed by atoms with Gasteiger partial charge >= 0.3 is 11.9 Å². The molecule has 1 unspecified atom stereocenters. The van der Waals surface area contributed by atoms with Gasteiger partial charge in [0.2, 0.25) is 0 Å². The molecule has 3 rings (SSSR count). The summed E-state index contributed by atoms with van der Waals surface area (Å²) in [7, 11) is 1.44. The summed E-state index contributed by atoms with van der Waals surface area (Å²) >= 11 is 1.71. The summed E-state index contributed by atoms with van der Waals surface area (Å²) in [5.41, 5.74) is 0.696. The van der Waals surface area contributed by atoms with Gasteiger partial charge in [-0.3, -0.25) is 9.59 Å². The monoisotopic (exact) mass is 351 g/mol. The highest BCUT2D eigenvalue weighted by molar-refractivity contribution is 7.11. The quantitative estimate of drug-likeness (QED) is 0.782. The Balaban J connectivity index is 1.61. The fraction of sp³-hybridized carbons (Fsp3) is 0.722. The molecule has 0 aromatic carbocycles. The van der Waals surface area contributed by atoms with Gasteiger partial charge in [0.15, 0.2) is 0 Å². The summed E-state index contributed by atoms with van der Waals surface area (Å²) in [4.78, 5) is 29.8. The zero-order valence-corrected chi connectivity index (χ0v) is 15.6. The largest absolute Gasteiger partial charge is 0.469 e. The van der Waals surface area contributed by atoms with Gasteiger partial charge in [0.25, 0.3) is 0 Å². The van der Waals surface area contributed by atoms with Crippen LogP contribution in [0.3, 0.4) is 0 Å². The van der Waals surface area contributed by atoms with E-state index in [0.717, 1.165) is 42.8 Å². The van der Waals surface area contributed by atoms with Crippen molar-refractivity contribution < 1.29 is 19.1 Å². The Morgan fingerprint density at radius 1 is 1.17 bits per heavy atom. The topological polar surface area (TPSA) is 65.5 Å². The normalized spacial score (nSPS) is 26.2. The number of ether oxygens (including phenoxy) is 2. The summed E-state index contributed by atoms with van der Waals surface area (Å²) in [5, 5.41) is 1.12. The molecule has 132 valence electrons. The van der Waals surface area contributed by atoms with Crippen LogP contribution in [0, 0.1) is 11.8 Å². The number of carbonyl (C=O) groups is 2. The molecule has 5 nitrogen and oxygen atoms in total. The number of methoxy groups -OCH3 is 1. The highest BCUT2D eigenvalue weighted by Crippen LogP contribution is 2.45. The van der Waals surface area contributed by atoms with Crippen molar-refractivity contribution in [3.8, 4) is 0 Å². The predicted molar refractivity (Wildman–Crippen MR) is 91.0 cm³/mol. The van der Waals surface area contributed by atoms with Crippen molar-refractivity contribution in [2.24, 2.45) is 11.8 Å². The van der Waals surface area contributed by atoms with E-state index in [1.807, 2.05) is 20.8 Å². The van der Waals surface area contributed by atoms with Crippen molar-refractivity contribution in [1.29, 1.82) is 0 Å². The van der Waals surface area contributed by atoms with Crippen LogP contribution < -0.4 is 0 Å². The Bertz CT molecular complexity index is 640. The first-order chi connectivity index (χ1) is 11.3. The number of thiazole rings is 1. The number of esters is 2. The molecule has 1 heterocycles. The van der Waals surface area contributed by atoms with E-state index in [1.54, 1.807) is 11.3 Å². The minimum absolute atomic E-state index is 0.0236. The molecule has 1 atom stereocenters. The molecule has 0 spiro atoms. The molecule has 1 aromatic heterocycles. The molecule has 0 radical (unpaired) electrons. The lowest BCUT2D eigenvalue weighted by Gasteiger charge is -2.31. The van der Waals surface area contributed by atoms with E-state index in [2.05, 4.69) is 0 Å². The maximum Gasteiger partial charge on any atom is 0.309 e. The third kappa shape index (κ3) is 3.63. The molecule has 0 saturated heterocycles. The number of aromatic nitrogens is 1. The van der Waals surface area contributed by atoms with Crippen molar-refractivity contribution in [1.82, 2.24) is 4.98 Å². The van der Waals surface area contributed by atoms with Crippen molar-refractivity contribution in [2.45, 2.75) is 64.4 Å². The molecule has 2 aliphatic rings. The van der Waals surface area contributed by atoms with Crippen molar-refractivity contribution in [3.63, 3.8) is 0 Å². The average Bonchev–Trinajstić information content (AvgIpc) is 2.85. The second-order valence-electron chi connectivity index (χ2n) is 7.78. The molecule has 24 heavy (non-hydrogen) atoms. The Labute approximate surface area is 146 Å². The number of nitrogens with zero attached hydrogens (tertiary/aromatic N) is 1. The van der Waals surface area contributed by atoms with E-state index >= 15 is 0 Å². The minimum atomic E-state index is -0.439. The van der Waals surface area contributed by atoms with Crippen LogP contribution in [-0.4, -0.2) is 29.6 Å². The molecule has 2 aliphatic carbocycles. The zero-order chi connectivity index (χ0) is 17.5. The van der Waals surface area contributed by atoms with Gasteiger partial charge in [0.1, 0.15) is 5.60 Å². The lowest BCUT2D eigenvalue weighted by atomic mass is 9.75. The summed E-state index contributed by atoms with van der Waals surface area (Å²) in [6, 6.07) is 0. The highest BCUT2D eigenvalue weighted by Gasteiger charge is 2.39. The van der Waals surface area contributed by atoms with E-state index in [1.165, 1.54) is 12.0 Å². The third-order valence-electron chi connectivity index (χ3n) is 4.72. The zero-order valence-electron chi connectivity index (χ0n) is 14.8. The van der Waals surface area contributed by atoms with Crippen molar-refractivity contribution in [3.05, 3.63) is 15.6 Å². The summed E-state index contributed by atoms with van der Waals surface area (Å²) in [5.74, 6) is 0.115. The fourth-order valence-electron chi connectivity index (χ4n) is 3.33. The smallest absolute Gasteiger partial charge is 0.309 e. The number of hydrogen-bond donors (Lipinski definition) is 0. The number of fused-ring (bicyclic) bond motifs is 1. The molecular weight excluding hydrogens is 326 g/mol. The van der Waals surface area contributed by atoms with Crippen LogP contribution in [0.5, 0.6) is 0 Å². The average molecular weight is 351 g/mol. The SMILES string of the molecule is COC(=O)[C@H]1C[C@H](c2nc3c(s2)CC(C(=O)OC(C)(C)C)CC3)C1. The molecule has 1 saturated carbocycles. The van der Waals surface area contributed by atoms with Gasteiger partial charge in [0, 0.05) is 10.8 Å². The molecular formula is C18H25NO4S. The second-order valence-corrected chi connectivity index (χ2v) is 8.90. The Hall–Kier alpha value is -1.43. The number of aryl methyl sites for hydroxylation is 1. The molecule has 6 heteroatoms. The molecule has 1 aromatic rings. The molecule has 0 amide bonds. The summed E-state index contributed by atoms with van der Waals surface area (Å²) < 4.78 is 10.3. The van der Waals surface area contributed by atoms with E-state index in [0.29, 0.717) is 5.92 Å². The maximum absolute atomic E-state index is 12.3. The second kappa shape index (κ2) is 6.47. The Morgan fingerprint density at radius 2 is 1.88 bits per heavy atom. The van der Waals surface area contributed by atoms with Crippen LogP contribution in [-0.2, 0) is 31.9 Å². The Morgan fingerprint density at radius 3 is 2.50 bits per heavy atom. The van der Waals surface area contributed by atoms with Gasteiger partial charge in [0.05, 0.1) is 29.6 Å². The van der Waals surface area contributed by atoms with Crippen LogP contribution in [0.2, 0.25) is 0 Å². The number of carbonyl (C=O) groups excluding carboxylic acids is 2. The summed E-state index contributed by atoms with van der Waals surface area (Å²) in [6.45, 7) is 5.70. The first-order valence-corrected chi connectivity index (χ1v) is 9.37. The van der Waals surface area contributed by atoms with Gasteiger partial charge in [-0.05, 0) is 52.9 Å². The fourth-order valence-corrected chi connectivity index (χ4v) is 4.65. The van der Waals surface area contributed by atoms with E-state index in [9.17, 15) is 9.59 Å².